The highest BCUT2D eigenvalue weighted by molar-refractivity contribution is 5.96. The van der Waals surface area contributed by atoms with Crippen LogP contribution < -0.4 is 15.5 Å². The molecule has 1 aliphatic rings. The number of rotatable bonds is 12. The van der Waals surface area contributed by atoms with Gasteiger partial charge in [-0.1, -0.05) is 30.3 Å². The summed E-state index contributed by atoms with van der Waals surface area (Å²) in [5.41, 5.74) is 3.57. The highest BCUT2D eigenvalue weighted by Gasteiger charge is 2.26. The zero-order valence-corrected chi connectivity index (χ0v) is 25.0. The smallest absolute Gasteiger partial charge is 0.315 e. The molecule has 15 heteroatoms. The van der Waals surface area contributed by atoms with Crippen molar-refractivity contribution >= 4 is 42.3 Å². The van der Waals surface area contributed by atoms with Crippen LogP contribution in [0.3, 0.4) is 0 Å². The Balaban J connectivity index is 0.00000308. The lowest BCUT2D eigenvalue weighted by atomic mass is 10.1. The summed E-state index contributed by atoms with van der Waals surface area (Å²) < 4.78 is 44.0. The Morgan fingerprint density at radius 1 is 1.05 bits per heavy atom. The maximum absolute atomic E-state index is 13.6. The molecule has 2 heterocycles. The number of carbonyl (C=O) groups is 2. The second-order valence-corrected chi connectivity index (χ2v) is 9.41. The minimum Gasteiger partial charge on any atom is -0.333 e. The van der Waals surface area contributed by atoms with Gasteiger partial charge in [-0.2, -0.15) is 13.8 Å². The van der Waals surface area contributed by atoms with Crippen LogP contribution in [-0.2, 0) is 22.7 Å². The largest absolute Gasteiger partial charge is 0.333 e. The topological polar surface area (TPSA) is 107 Å². The van der Waals surface area contributed by atoms with E-state index in [1.54, 1.807) is 36.2 Å². The van der Waals surface area contributed by atoms with Gasteiger partial charge in [-0.3, -0.25) is 19.9 Å². The first-order valence-electron chi connectivity index (χ1n) is 12.9. The van der Waals surface area contributed by atoms with Gasteiger partial charge in [0.25, 0.3) is 11.8 Å². The molecule has 0 fully saturated rings. The van der Waals surface area contributed by atoms with E-state index in [0.717, 1.165) is 16.7 Å². The van der Waals surface area contributed by atoms with Gasteiger partial charge in [-0.25, -0.2) is 9.40 Å². The van der Waals surface area contributed by atoms with E-state index < -0.39 is 12.3 Å². The highest BCUT2D eigenvalue weighted by atomic mass is 35.5. The molecular formula is C27H34Cl2F3N7O3. The van der Waals surface area contributed by atoms with Crippen LogP contribution >= 0.6 is 24.8 Å². The number of nitrogens with one attached hydrogen (secondary N) is 2. The number of alkyl halides is 2. The van der Waals surface area contributed by atoms with Crippen molar-refractivity contribution < 1.29 is 27.3 Å². The Labute approximate surface area is 254 Å². The van der Waals surface area contributed by atoms with Gasteiger partial charge in [0.2, 0.25) is 11.7 Å². The number of benzene rings is 2. The van der Waals surface area contributed by atoms with Gasteiger partial charge in [-0.15, -0.1) is 24.8 Å². The predicted molar refractivity (Wildman–Crippen MR) is 156 cm³/mol. The van der Waals surface area contributed by atoms with Crippen molar-refractivity contribution in [3.63, 3.8) is 0 Å². The van der Waals surface area contributed by atoms with Gasteiger partial charge in [0.05, 0.1) is 13.1 Å². The molecule has 0 radical (unpaired) electrons. The molecule has 1 aliphatic heterocycles. The molecular weight excluding hydrogens is 598 g/mol. The van der Waals surface area contributed by atoms with Gasteiger partial charge in [-0.05, 0) is 48.4 Å². The van der Waals surface area contributed by atoms with Crippen molar-refractivity contribution in [2.45, 2.75) is 33.4 Å². The van der Waals surface area contributed by atoms with Crippen molar-refractivity contribution in [3.05, 3.63) is 64.8 Å². The Kier molecular flexibility index (Phi) is 13.2. The van der Waals surface area contributed by atoms with Crippen molar-refractivity contribution in [1.82, 2.24) is 30.8 Å². The van der Waals surface area contributed by atoms with E-state index >= 15 is 0 Å². The lowest BCUT2D eigenvalue weighted by molar-refractivity contribution is -0.145. The van der Waals surface area contributed by atoms with Crippen LogP contribution in [0.25, 0.3) is 11.4 Å². The van der Waals surface area contributed by atoms with E-state index in [1.165, 1.54) is 17.1 Å². The fraction of sp³-hybridized carbons (Fsp3) is 0.407. The molecule has 10 nitrogen and oxygen atoms in total. The average Bonchev–Trinajstić information content (AvgIpc) is 3.59. The van der Waals surface area contributed by atoms with E-state index in [0.29, 0.717) is 44.0 Å². The Bertz CT molecular complexity index is 1360. The van der Waals surface area contributed by atoms with E-state index in [-0.39, 0.29) is 61.4 Å². The SMILES string of the molecule is CCNCCN(C(=O)CNCC(=O)N(C)N1Cc2ccc(F)cc2C1)c1cc(-c2noc(C(F)F)n2)ccc1C.Cl.Cl. The third-order valence-corrected chi connectivity index (χ3v) is 6.66. The number of nitrogens with zero attached hydrogens (tertiary/aromatic N) is 5. The first kappa shape index (κ1) is 35.0. The van der Waals surface area contributed by atoms with Gasteiger partial charge < -0.3 is 14.7 Å². The number of anilines is 1. The Morgan fingerprint density at radius 3 is 2.45 bits per heavy atom. The molecule has 0 spiro atoms. The predicted octanol–water partition coefficient (Wildman–Crippen LogP) is 3.89. The second-order valence-electron chi connectivity index (χ2n) is 9.41. The molecule has 2 aromatic carbocycles. The van der Waals surface area contributed by atoms with Gasteiger partial charge in [0.15, 0.2) is 0 Å². The fourth-order valence-corrected chi connectivity index (χ4v) is 4.43. The molecule has 230 valence electrons. The number of hydrogen-bond acceptors (Lipinski definition) is 8. The number of likely N-dealkylation sites (N-methyl/N-ethyl adjacent to an activating group) is 2. The molecule has 2 N–H and O–H groups in total. The highest BCUT2D eigenvalue weighted by Crippen LogP contribution is 2.28. The van der Waals surface area contributed by atoms with Crippen LogP contribution in [0.4, 0.5) is 18.9 Å². The minimum atomic E-state index is -2.89. The summed E-state index contributed by atoms with van der Waals surface area (Å²) >= 11 is 0. The second kappa shape index (κ2) is 15.8. The summed E-state index contributed by atoms with van der Waals surface area (Å²) in [6, 6.07) is 9.67. The lowest BCUT2D eigenvalue weighted by Gasteiger charge is -2.28. The summed E-state index contributed by atoms with van der Waals surface area (Å²) in [6.45, 7) is 6.07. The quantitative estimate of drug-likeness (QED) is 0.290. The third kappa shape index (κ3) is 8.42. The summed E-state index contributed by atoms with van der Waals surface area (Å²) in [5.74, 6) is -1.62. The van der Waals surface area contributed by atoms with Crippen LogP contribution in [0.5, 0.6) is 0 Å². The van der Waals surface area contributed by atoms with Crippen LogP contribution in [0.15, 0.2) is 40.9 Å². The molecule has 4 rings (SSSR count). The molecule has 3 aromatic rings. The van der Waals surface area contributed by atoms with E-state index in [4.69, 9.17) is 0 Å². The normalized spacial score (nSPS) is 12.5. The number of halogens is 5. The van der Waals surface area contributed by atoms with Crippen molar-refractivity contribution in [2.75, 3.05) is 44.7 Å². The Hall–Kier alpha value is -3.23. The molecule has 0 aliphatic carbocycles. The summed E-state index contributed by atoms with van der Waals surface area (Å²) in [7, 11) is 1.64. The first-order chi connectivity index (χ1) is 19.2. The average molecular weight is 633 g/mol. The van der Waals surface area contributed by atoms with Crippen LogP contribution in [0.2, 0.25) is 0 Å². The van der Waals surface area contributed by atoms with Gasteiger partial charge in [0, 0.05) is 44.5 Å². The molecule has 0 atom stereocenters. The monoisotopic (exact) mass is 631 g/mol. The van der Waals surface area contributed by atoms with E-state index in [9.17, 15) is 22.8 Å². The molecule has 0 saturated heterocycles. The summed E-state index contributed by atoms with van der Waals surface area (Å²) in [6.07, 6.45) is -2.89. The standard InChI is InChI=1S/C27H32F3N7O3.2ClH/c1-4-31-9-10-37(22-12-18(6-5-17(22)2)26-33-27(25(29)30)40-34-26)24(39)14-32-13-23(38)35(3)36-15-19-7-8-21(28)11-20(19)16-36;;/h5-8,11-12,25,31-32H,4,9-10,13-16H2,1-3H3;2*1H. The van der Waals surface area contributed by atoms with Crippen molar-refractivity contribution in [3.8, 4) is 11.4 Å². The fourth-order valence-electron chi connectivity index (χ4n) is 4.43. The third-order valence-electron chi connectivity index (χ3n) is 6.66. The van der Waals surface area contributed by atoms with Gasteiger partial charge >= 0.3 is 6.43 Å². The van der Waals surface area contributed by atoms with Crippen molar-refractivity contribution in [2.24, 2.45) is 0 Å². The molecule has 0 unspecified atom stereocenters. The number of hydrazine groups is 1. The summed E-state index contributed by atoms with van der Waals surface area (Å²) in [5, 5.41) is 13.0. The lowest BCUT2D eigenvalue weighted by Crippen LogP contribution is -2.47. The molecule has 0 bridgehead atoms. The molecule has 42 heavy (non-hydrogen) atoms. The first-order valence-corrected chi connectivity index (χ1v) is 12.9. The Morgan fingerprint density at radius 2 is 1.76 bits per heavy atom. The zero-order chi connectivity index (χ0) is 28.8. The number of fused-ring (bicyclic) bond motifs is 1. The number of carbonyl (C=O) groups excluding carboxylic acids is 2. The van der Waals surface area contributed by atoms with Crippen LogP contribution in [0.1, 0.15) is 35.9 Å². The maximum Gasteiger partial charge on any atom is 0.315 e. The number of amides is 2. The molecule has 1 aromatic heterocycles. The van der Waals surface area contributed by atoms with E-state index in [2.05, 4.69) is 25.3 Å². The molecule has 0 saturated carbocycles. The van der Waals surface area contributed by atoms with Crippen LogP contribution in [-0.4, -0.2) is 71.7 Å². The number of aryl methyl sites for hydroxylation is 1. The van der Waals surface area contributed by atoms with E-state index in [1.807, 2.05) is 18.9 Å². The minimum absolute atomic E-state index is 0. The van der Waals surface area contributed by atoms with Crippen molar-refractivity contribution in [1.29, 1.82) is 0 Å². The number of aromatic nitrogens is 2. The molecule has 2 amide bonds. The summed E-state index contributed by atoms with van der Waals surface area (Å²) in [4.78, 5) is 31.5. The number of hydrogen-bond donors (Lipinski definition) is 2. The maximum atomic E-state index is 13.6. The van der Waals surface area contributed by atoms with Crippen LogP contribution in [0, 0.1) is 12.7 Å². The van der Waals surface area contributed by atoms with Gasteiger partial charge in [0.1, 0.15) is 5.82 Å². The zero-order valence-electron chi connectivity index (χ0n) is 23.4.